The third-order valence-corrected chi connectivity index (χ3v) is 3.46. The minimum atomic E-state index is 0.165. The molecule has 0 aromatic carbocycles. The van der Waals surface area contributed by atoms with Gasteiger partial charge in [0.1, 0.15) is 5.76 Å². The summed E-state index contributed by atoms with van der Waals surface area (Å²) in [6, 6.07) is 0.165. The van der Waals surface area contributed by atoms with Crippen LogP contribution in [0.25, 0.3) is 0 Å². The van der Waals surface area contributed by atoms with Crippen molar-refractivity contribution in [2.75, 3.05) is 6.61 Å². The number of hydrogen-bond donors (Lipinski definition) is 1. The van der Waals surface area contributed by atoms with Gasteiger partial charge in [0.05, 0.1) is 12.6 Å². The van der Waals surface area contributed by atoms with Gasteiger partial charge >= 0.3 is 0 Å². The highest BCUT2D eigenvalue weighted by Gasteiger charge is 2.19. The zero-order valence-electron chi connectivity index (χ0n) is 8.87. The van der Waals surface area contributed by atoms with E-state index in [2.05, 4.69) is 6.08 Å². The van der Waals surface area contributed by atoms with Gasteiger partial charge in [0.15, 0.2) is 0 Å². The summed E-state index contributed by atoms with van der Waals surface area (Å²) in [5, 5.41) is 0. The van der Waals surface area contributed by atoms with Crippen LogP contribution in [0.3, 0.4) is 0 Å². The van der Waals surface area contributed by atoms with Crippen LogP contribution in [0.2, 0.25) is 0 Å². The molecule has 0 aromatic heterocycles. The first-order chi connectivity index (χ1) is 6.86. The summed E-state index contributed by atoms with van der Waals surface area (Å²) in [5.74, 6) is 1.99. The molecule has 0 spiro atoms. The third kappa shape index (κ3) is 2.50. The average molecular weight is 195 g/mol. The van der Waals surface area contributed by atoms with Gasteiger partial charge in [0.2, 0.25) is 0 Å². The predicted octanol–water partition coefficient (Wildman–Crippen LogP) is 2.59. The van der Waals surface area contributed by atoms with Crippen LogP contribution in [-0.4, -0.2) is 12.6 Å². The normalized spacial score (nSPS) is 24.8. The molecule has 1 unspecified atom stereocenters. The smallest absolute Gasteiger partial charge is 0.109 e. The molecule has 1 atom stereocenters. The number of hydrogen-bond acceptors (Lipinski definition) is 2. The van der Waals surface area contributed by atoms with Gasteiger partial charge in [0, 0.05) is 6.42 Å². The van der Waals surface area contributed by atoms with Crippen molar-refractivity contribution in [2.24, 2.45) is 11.7 Å². The lowest BCUT2D eigenvalue weighted by atomic mass is 9.98. The minimum Gasteiger partial charge on any atom is -0.496 e. The van der Waals surface area contributed by atoms with Crippen LogP contribution in [0, 0.1) is 5.92 Å². The molecule has 1 aliphatic carbocycles. The van der Waals surface area contributed by atoms with Crippen LogP contribution >= 0.6 is 0 Å². The second-order valence-electron chi connectivity index (χ2n) is 4.58. The first-order valence-electron chi connectivity index (χ1n) is 5.94. The Labute approximate surface area is 86.5 Å². The van der Waals surface area contributed by atoms with E-state index in [0.717, 1.165) is 31.1 Å². The van der Waals surface area contributed by atoms with Crippen molar-refractivity contribution in [3.8, 4) is 0 Å². The van der Waals surface area contributed by atoms with Crippen molar-refractivity contribution in [3.63, 3.8) is 0 Å². The number of ether oxygens (including phenoxy) is 1. The summed E-state index contributed by atoms with van der Waals surface area (Å²) >= 11 is 0. The lowest BCUT2D eigenvalue weighted by molar-refractivity contribution is 0.219. The van der Waals surface area contributed by atoms with E-state index in [0.29, 0.717) is 0 Å². The fourth-order valence-corrected chi connectivity index (χ4v) is 2.55. The maximum absolute atomic E-state index is 6.06. The predicted molar refractivity (Wildman–Crippen MR) is 57.8 cm³/mol. The minimum absolute atomic E-state index is 0.165. The highest BCUT2D eigenvalue weighted by Crippen LogP contribution is 2.29. The fourth-order valence-electron chi connectivity index (χ4n) is 2.55. The fraction of sp³-hybridized carbons (Fsp3) is 0.833. The molecule has 1 heterocycles. The van der Waals surface area contributed by atoms with Gasteiger partial charge in [-0.25, -0.2) is 0 Å². The molecule has 0 amide bonds. The van der Waals surface area contributed by atoms with E-state index in [1.807, 2.05) is 0 Å². The summed E-state index contributed by atoms with van der Waals surface area (Å²) in [6.45, 7) is 0.840. The lowest BCUT2D eigenvalue weighted by Gasteiger charge is -2.15. The van der Waals surface area contributed by atoms with Gasteiger partial charge in [-0.2, -0.15) is 0 Å². The largest absolute Gasteiger partial charge is 0.496 e. The van der Waals surface area contributed by atoms with Gasteiger partial charge < -0.3 is 10.5 Å². The first-order valence-corrected chi connectivity index (χ1v) is 5.94. The lowest BCUT2D eigenvalue weighted by Crippen LogP contribution is -2.23. The zero-order valence-corrected chi connectivity index (χ0v) is 8.87. The van der Waals surface area contributed by atoms with E-state index < -0.39 is 0 Å². The quantitative estimate of drug-likeness (QED) is 0.748. The molecule has 2 aliphatic rings. The Morgan fingerprint density at radius 3 is 2.86 bits per heavy atom. The second-order valence-corrected chi connectivity index (χ2v) is 4.58. The molecule has 0 saturated heterocycles. The molecular formula is C12H21NO. The van der Waals surface area contributed by atoms with Crippen LogP contribution in [-0.2, 0) is 4.74 Å². The summed E-state index contributed by atoms with van der Waals surface area (Å²) in [7, 11) is 0. The van der Waals surface area contributed by atoms with Gasteiger partial charge in [-0.05, 0) is 24.8 Å². The Balaban J connectivity index is 1.68. The second kappa shape index (κ2) is 4.83. The Morgan fingerprint density at radius 1 is 1.43 bits per heavy atom. The molecule has 1 fully saturated rings. The van der Waals surface area contributed by atoms with Crippen LogP contribution in [0.5, 0.6) is 0 Å². The zero-order chi connectivity index (χ0) is 9.80. The molecule has 2 N–H and O–H groups in total. The van der Waals surface area contributed by atoms with Crippen molar-refractivity contribution in [2.45, 2.75) is 51.0 Å². The Morgan fingerprint density at radius 2 is 2.21 bits per heavy atom. The molecule has 80 valence electrons. The van der Waals surface area contributed by atoms with Crippen molar-refractivity contribution < 1.29 is 4.74 Å². The van der Waals surface area contributed by atoms with Gasteiger partial charge in [0.25, 0.3) is 0 Å². The molecule has 14 heavy (non-hydrogen) atoms. The summed E-state index contributed by atoms with van der Waals surface area (Å²) in [6.07, 6.45) is 11.3. The van der Waals surface area contributed by atoms with E-state index in [1.54, 1.807) is 0 Å². The van der Waals surface area contributed by atoms with Crippen LogP contribution in [0.15, 0.2) is 11.8 Å². The Bertz CT molecular complexity index is 206. The third-order valence-electron chi connectivity index (χ3n) is 3.46. The molecule has 1 saturated carbocycles. The highest BCUT2D eigenvalue weighted by molar-refractivity contribution is 5.05. The van der Waals surface area contributed by atoms with Gasteiger partial charge in [-0.1, -0.05) is 25.7 Å². The molecular weight excluding hydrogens is 174 g/mol. The van der Waals surface area contributed by atoms with Crippen molar-refractivity contribution in [3.05, 3.63) is 11.8 Å². The summed E-state index contributed by atoms with van der Waals surface area (Å²) in [5.41, 5.74) is 6.06. The topological polar surface area (TPSA) is 35.2 Å². The van der Waals surface area contributed by atoms with Gasteiger partial charge in [-0.15, -0.1) is 0 Å². The standard InChI is InChI=1S/C12H21NO/c13-11(12-6-3-9-14-12)8-7-10-4-1-2-5-10/h6,10-11H,1-5,7-9,13H2. The monoisotopic (exact) mass is 195 g/mol. The van der Waals surface area contributed by atoms with E-state index >= 15 is 0 Å². The first kappa shape index (κ1) is 10.0. The van der Waals surface area contributed by atoms with Crippen LogP contribution in [0.4, 0.5) is 0 Å². The molecule has 1 aliphatic heterocycles. The maximum atomic E-state index is 6.06. The SMILES string of the molecule is NC(CCC1CCCC1)C1=CCCO1. The Kier molecular flexibility index (Phi) is 3.46. The van der Waals surface area contributed by atoms with Crippen LogP contribution in [0.1, 0.15) is 44.9 Å². The van der Waals surface area contributed by atoms with E-state index in [-0.39, 0.29) is 6.04 Å². The summed E-state index contributed by atoms with van der Waals surface area (Å²) in [4.78, 5) is 0. The van der Waals surface area contributed by atoms with Crippen molar-refractivity contribution in [1.82, 2.24) is 0 Å². The van der Waals surface area contributed by atoms with Crippen LogP contribution < -0.4 is 5.73 Å². The average Bonchev–Trinajstić information content (AvgIpc) is 2.87. The molecule has 2 heteroatoms. The molecule has 0 radical (unpaired) electrons. The summed E-state index contributed by atoms with van der Waals surface area (Å²) < 4.78 is 5.47. The number of rotatable bonds is 4. The number of nitrogens with two attached hydrogens (primary N) is 1. The maximum Gasteiger partial charge on any atom is 0.109 e. The highest BCUT2D eigenvalue weighted by atomic mass is 16.5. The van der Waals surface area contributed by atoms with Gasteiger partial charge in [-0.3, -0.25) is 0 Å². The van der Waals surface area contributed by atoms with Crippen molar-refractivity contribution in [1.29, 1.82) is 0 Å². The Hall–Kier alpha value is -0.500. The van der Waals surface area contributed by atoms with E-state index in [9.17, 15) is 0 Å². The molecule has 0 aromatic rings. The van der Waals surface area contributed by atoms with Crippen molar-refractivity contribution >= 4 is 0 Å². The van der Waals surface area contributed by atoms with E-state index in [1.165, 1.54) is 32.1 Å². The van der Waals surface area contributed by atoms with E-state index in [4.69, 9.17) is 10.5 Å². The molecule has 2 nitrogen and oxygen atoms in total. The molecule has 0 bridgehead atoms. The molecule has 2 rings (SSSR count).